The number of halogens is 2. The van der Waals surface area contributed by atoms with Crippen LogP contribution in [0.1, 0.15) is 6.42 Å². The molecule has 152 valence electrons. The van der Waals surface area contributed by atoms with Crippen molar-refractivity contribution in [1.82, 2.24) is 0 Å². The Morgan fingerprint density at radius 2 is 1.93 bits per heavy atom. The molecule has 9 heteroatoms. The number of ether oxygens (including phenoxy) is 2. The molecule has 0 spiro atoms. The van der Waals surface area contributed by atoms with Gasteiger partial charge in [0.2, 0.25) is 5.91 Å². The Hall–Kier alpha value is -2.77. The maximum Gasteiger partial charge on any atom is 0.311 e. The Morgan fingerprint density at radius 3 is 2.66 bits per heavy atom. The van der Waals surface area contributed by atoms with E-state index in [0.29, 0.717) is 27.2 Å². The Labute approximate surface area is 177 Å². The SMILES string of the molecule is COc1ccc(Cl)cc1N1C[C@@H](C(=O)OCC(=O)Nc2cccc(Cl)c2)CC1=O. The fraction of sp³-hybridized carbons (Fsp3) is 0.250. The molecule has 1 aliphatic heterocycles. The number of nitrogens with zero attached hydrogens (tertiary/aromatic N) is 1. The number of benzene rings is 2. The van der Waals surface area contributed by atoms with Gasteiger partial charge in [-0.2, -0.15) is 0 Å². The molecule has 0 unspecified atom stereocenters. The third-order valence-electron chi connectivity index (χ3n) is 4.34. The molecular weight excluding hydrogens is 419 g/mol. The Balaban J connectivity index is 1.58. The number of hydrogen-bond acceptors (Lipinski definition) is 5. The number of carbonyl (C=O) groups excluding carboxylic acids is 3. The molecule has 1 heterocycles. The molecule has 0 saturated carbocycles. The van der Waals surface area contributed by atoms with Crippen LogP contribution in [0.2, 0.25) is 10.0 Å². The second-order valence-electron chi connectivity index (χ2n) is 6.39. The first kappa shape index (κ1) is 21.0. The van der Waals surface area contributed by atoms with Crippen molar-refractivity contribution < 1.29 is 23.9 Å². The minimum absolute atomic E-state index is 0.0234. The highest BCUT2D eigenvalue weighted by molar-refractivity contribution is 6.31. The molecule has 1 N–H and O–H groups in total. The molecule has 7 nitrogen and oxygen atoms in total. The van der Waals surface area contributed by atoms with E-state index in [1.54, 1.807) is 42.5 Å². The number of esters is 1. The lowest BCUT2D eigenvalue weighted by Gasteiger charge is -2.19. The van der Waals surface area contributed by atoms with Gasteiger partial charge in [0.1, 0.15) is 5.75 Å². The number of nitrogens with one attached hydrogen (secondary N) is 1. The van der Waals surface area contributed by atoms with Gasteiger partial charge in [0.05, 0.1) is 18.7 Å². The first-order valence-corrected chi connectivity index (χ1v) is 9.49. The number of methoxy groups -OCH3 is 1. The first-order chi connectivity index (χ1) is 13.9. The zero-order valence-electron chi connectivity index (χ0n) is 15.5. The van der Waals surface area contributed by atoms with Crippen LogP contribution in [0.3, 0.4) is 0 Å². The van der Waals surface area contributed by atoms with Crippen LogP contribution in [0.4, 0.5) is 11.4 Å². The molecule has 0 bridgehead atoms. The van der Waals surface area contributed by atoms with E-state index in [1.807, 2.05) is 0 Å². The molecule has 29 heavy (non-hydrogen) atoms. The fourth-order valence-electron chi connectivity index (χ4n) is 2.99. The van der Waals surface area contributed by atoms with Gasteiger partial charge in [-0.25, -0.2) is 0 Å². The predicted molar refractivity (Wildman–Crippen MR) is 110 cm³/mol. The van der Waals surface area contributed by atoms with E-state index in [4.69, 9.17) is 32.7 Å². The van der Waals surface area contributed by atoms with Gasteiger partial charge in [-0.15, -0.1) is 0 Å². The summed E-state index contributed by atoms with van der Waals surface area (Å²) in [6, 6.07) is 11.5. The van der Waals surface area contributed by atoms with Crippen molar-refractivity contribution in [3.63, 3.8) is 0 Å². The van der Waals surface area contributed by atoms with Crippen molar-refractivity contribution in [3.05, 3.63) is 52.5 Å². The van der Waals surface area contributed by atoms with Crippen LogP contribution in [0.25, 0.3) is 0 Å². The monoisotopic (exact) mass is 436 g/mol. The number of amides is 2. The number of hydrogen-bond donors (Lipinski definition) is 1. The molecule has 3 rings (SSSR count). The van der Waals surface area contributed by atoms with E-state index >= 15 is 0 Å². The van der Waals surface area contributed by atoms with Gasteiger partial charge in [0.25, 0.3) is 5.91 Å². The molecule has 0 aliphatic carbocycles. The van der Waals surface area contributed by atoms with Crippen molar-refractivity contribution >= 4 is 52.4 Å². The van der Waals surface area contributed by atoms with E-state index in [2.05, 4.69) is 5.32 Å². The number of rotatable bonds is 6. The zero-order chi connectivity index (χ0) is 21.0. The summed E-state index contributed by atoms with van der Waals surface area (Å²) in [6.07, 6.45) is -0.0234. The summed E-state index contributed by atoms with van der Waals surface area (Å²) in [4.78, 5) is 38.2. The second-order valence-corrected chi connectivity index (χ2v) is 7.26. The predicted octanol–water partition coefficient (Wildman–Crippen LogP) is 3.54. The van der Waals surface area contributed by atoms with Gasteiger partial charge < -0.3 is 19.7 Å². The van der Waals surface area contributed by atoms with E-state index in [9.17, 15) is 14.4 Å². The van der Waals surface area contributed by atoms with Gasteiger partial charge in [-0.05, 0) is 36.4 Å². The van der Waals surface area contributed by atoms with Crippen LogP contribution < -0.4 is 15.0 Å². The lowest BCUT2D eigenvalue weighted by molar-refractivity contribution is -0.151. The first-order valence-electron chi connectivity index (χ1n) is 8.73. The summed E-state index contributed by atoms with van der Waals surface area (Å²) < 4.78 is 10.4. The molecule has 1 saturated heterocycles. The highest BCUT2D eigenvalue weighted by Gasteiger charge is 2.37. The molecule has 0 radical (unpaired) electrons. The molecule has 1 atom stereocenters. The van der Waals surface area contributed by atoms with E-state index in [0.717, 1.165) is 0 Å². The van der Waals surface area contributed by atoms with Crippen molar-refractivity contribution in [2.75, 3.05) is 30.5 Å². The minimum atomic E-state index is -0.690. The standard InChI is InChI=1S/C20H18Cl2N2O5/c1-28-17-6-5-14(22)9-16(17)24-10-12(7-19(24)26)20(27)29-11-18(25)23-15-4-2-3-13(21)8-15/h2-6,8-9,12H,7,10-11H2,1H3,(H,23,25)/t12-/m0/s1. The summed E-state index contributed by atoms with van der Waals surface area (Å²) in [6.45, 7) is -0.346. The summed E-state index contributed by atoms with van der Waals surface area (Å²) in [5.41, 5.74) is 0.979. The highest BCUT2D eigenvalue weighted by atomic mass is 35.5. The van der Waals surface area contributed by atoms with Gasteiger partial charge >= 0.3 is 5.97 Å². The van der Waals surface area contributed by atoms with Crippen molar-refractivity contribution in [2.45, 2.75) is 6.42 Å². The second kappa shape index (κ2) is 9.15. The maximum atomic E-state index is 12.4. The Morgan fingerprint density at radius 1 is 1.17 bits per heavy atom. The van der Waals surface area contributed by atoms with Gasteiger partial charge in [-0.3, -0.25) is 14.4 Å². The van der Waals surface area contributed by atoms with Gasteiger partial charge in [0.15, 0.2) is 6.61 Å². The molecular formula is C20H18Cl2N2O5. The van der Waals surface area contributed by atoms with E-state index in [-0.39, 0.29) is 18.9 Å². The molecule has 2 aromatic rings. The zero-order valence-corrected chi connectivity index (χ0v) is 17.0. The lowest BCUT2D eigenvalue weighted by atomic mass is 10.1. The number of anilines is 2. The smallest absolute Gasteiger partial charge is 0.311 e. The molecule has 1 aliphatic rings. The van der Waals surface area contributed by atoms with Crippen LogP contribution in [-0.2, 0) is 19.1 Å². The van der Waals surface area contributed by atoms with Crippen LogP contribution in [0.15, 0.2) is 42.5 Å². The topological polar surface area (TPSA) is 84.9 Å². The van der Waals surface area contributed by atoms with E-state index < -0.39 is 24.4 Å². The van der Waals surface area contributed by atoms with Crippen LogP contribution in [0, 0.1) is 5.92 Å². The minimum Gasteiger partial charge on any atom is -0.495 e. The highest BCUT2D eigenvalue weighted by Crippen LogP contribution is 2.35. The number of carbonyl (C=O) groups is 3. The molecule has 1 fully saturated rings. The van der Waals surface area contributed by atoms with Gasteiger partial charge in [0, 0.05) is 28.7 Å². The quantitative estimate of drug-likeness (QED) is 0.699. The lowest BCUT2D eigenvalue weighted by Crippen LogP contribution is -2.28. The Kier molecular flexibility index (Phi) is 6.61. The van der Waals surface area contributed by atoms with Crippen molar-refractivity contribution in [1.29, 1.82) is 0 Å². The average molecular weight is 437 g/mol. The molecule has 0 aromatic heterocycles. The summed E-state index contributed by atoms with van der Waals surface area (Å²) in [5.74, 6) is -1.60. The fourth-order valence-corrected chi connectivity index (χ4v) is 3.35. The van der Waals surface area contributed by atoms with Gasteiger partial charge in [-0.1, -0.05) is 29.3 Å². The van der Waals surface area contributed by atoms with E-state index in [1.165, 1.54) is 12.0 Å². The third-order valence-corrected chi connectivity index (χ3v) is 4.81. The Bertz CT molecular complexity index is 950. The maximum absolute atomic E-state index is 12.4. The summed E-state index contributed by atoms with van der Waals surface area (Å²) in [7, 11) is 1.48. The largest absolute Gasteiger partial charge is 0.495 e. The van der Waals surface area contributed by atoms with Crippen molar-refractivity contribution in [2.24, 2.45) is 5.92 Å². The van der Waals surface area contributed by atoms with Crippen molar-refractivity contribution in [3.8, 4) is 5.75 Å². The third kappa shape index (κ3) is 5.19. The normalized spacial score (nSPS) is 15.9. The van der Waals surface area contributed by atoms with Crippen LogP contribution in [0.5, 0.6) is 5.75 Å². The molecule has 2 aromatic carbocycles. The van der Waals surface area contributed by atoms with Crippen LogP contribution in [-0.4, -0.2) is 38.0 Å². The average Bonchev–Trinajstić information content (AvgIpc) is 3.07. The summed E-state index contributed by atoms with van der Waals surface area (Å²) in [5, 5.41) is 3.50. The molecule has 2 amide bonds. The summed E-state index contributed by atoms with van der Waals surface area (Å²) >= 11 is 11.9. The van der Waals surface area contributed by atoms with Crippen LogP contribution >= 0.6 is 23.2 Å².